The minimum absolute atomic E-state index is 0.102. The molecule has 10 aromatic rings. The number of thiophene rings is 1. The Morgan fingerprint density at radius 1 is 0.368 bits per heavy atom. The molecule has 57 heavy (non-hydrogen) atoms. The molecule has 0 unspecified atom stereocenters. The highest BCUT2D eigenvalue weighted by atomic mass is 32.1. The maximum Gasteiger partial charge on any atom is 0.0540 e. The van der Waals surface area contributed by atoms with E-state index in [1.165, 1.54) is 86.6 Å². The van der Waals surface area contributed by atoms with E-state index in [-0.39, 0.29) is 5.41 Å². The van der Waals surface area contributed by atoms with Gasteiger partial charge < -0.3 is 4.90 Å². The van der Waals surface area contributed by atoms with Gasteiger partial charge in [0.05, 0.1) is 17.1 Å². The summed E-state index contributed by atoms with van der Waals surface area (Å²) in [5.41, 5.74) is 15.9. The van der Waals surface area contributed by atoms with Gasteiger partial charge in [0.25, 0.3) is 0 Å². The molecule has 0 aliphatic heterocycles. The Kier molecular flexibility index (Phi) is 7.77. The Bertz CT molecular complexity index is 3180. The average Bonchev–Trinajstić information content (AvgIpc) is 3.75. The lowest BCUT2D eigenvalue weighted by atomic mass is 9.82. The summed E-state index contributed by atoms with van der Waals surface area (Å²) in [6.45, 7) is 4.73. The van der Waals surface area contributed by atoms with Gasteiger partial charge in [-0.3, -0.25) is 0 Å². The fraction of sp³-hybridized carbons (Fsp3) is 0.0545. The Morgan fingerprint density at radius 3 is 1.67 bits per heavy atom. The third-order valence-electron chi connectivity index (χ3n) is 12.1. The van der Waals surface area contributed by atoms with Crippen LogP contribution in [0.3, 0.4) is 0 Å². The van der Waals surface area contributed by atoms with Crippen LogP contribution in [0.4, 0.5) is 17.1 Å². The minimum atomic E-state index is -0.102. The van der Waals surface area contributed by atoms with Gasteiger partial charge in [-0.25, -0.2) is 0 Å². The van der Waals surface area contributed by atoms with Crippen molar-refractivity contribution in [2.45, 2.75) is 19.3 Å². The molecule has 0 bridgehead atoms. The van der Waals surface area contributed by atoms with Crippen molar-refractivity contribution in [1.82, 2.24) is 0 Å². The predicted octanol–water partition coefficient (Wildman–Crippen LogP) is 16.0. The summed E-state index contributed by atoms with van der Waals surface area (Å²) in [7, 11) is 0. The van der Waals surface area contributed by atoms with E-state index in [9.17, 15) is 0 Å². The van der Waals surface area contributed by atoms with Crippen molar-refractivity contribution in [2.24, 2.45) is 0 Å². The van der Waals surface area contributed by atoms with Crippen molar-refractivity contribution in [3.8, 4) is 44.5 Å². The van der Waals surface area contributed by atoms with Crippen LogP contribution in [0.2, 0.25) is 0 Å². The number of para-hydroxylation sites is 3. The van der Waals surface area contributed by atoms with Gasteiger partial charge in [0.15, 0.2) is 0 Å². The predicted molar refractivity (Wildman–Crippen MR) is 245 cm³/mol. The summed E-state index contributed by atoms with van der Waals surface area (Å²) >= 11 is 1.87. The van der Waals surface area contributed by atoms with Crippen LogP contribution in [0, 0.1) is 0 Å². The van der Waals surface area contributed by atoms with Crippen molar-refractivity contribution in [3.63, 3.8) is 0 Å². The molecule has 0 saturated carbocycles. The van der Waals surface area contributed by atoms with Gasteiger partial charge in [-0.1, -0.05) is 184 Å². The van der Waals surface area contributed by atoms with E-state index in [1.807, 2.05) is 11.3 Å². The summed E-state index contributed by atoms with van der Waals surface area (Å²) in [5, 5.41) is 5.09. The van der Waals surface area contributed by atoms with Gasteiger partial charge in [0, 0.05) is 42.3 Å². The Hall–Kier alpha value is -6.74. The SMILES string of the molecule is CC1(C)c2ccccc2-c2c(-c3ccccc3N(c3ccccc3-c3ccc4c(c3)sc3ccccc34)c3ccccc3-c3cccc4ccccc34)cccc21. The van der Waals surface area contributed by atoms with E-state index in [0.717, 1.165) is 17.1 Å². The van der Waals surface area contributed by atoms with Crippen molar-refractivity contribution in [3.05, 3.63) is 211 Å². The second-order valence-corrected chi connectivity index (χ2v) is 16.7. The molecule has 1 aliphatic rings. The number of hydrogen-bond donors (Lipinski definition) is 0. The van der Waals surface area contributed by atoms with Gasteiger partial charge in [0.1, 0.15) is 0 Å². The Morgan fingerprint density at radius 2 is 0.877 bits per heavy atom. The molecule has 270 valence electrons. The third-order valence-corrected chi connectivity index (χ3v) is 13.2. The maximum atomic E-state index is 2.53. The van der Waals surface area contributed by atoms with Gasteiger partial charge >= 0.3 is 0 Å². The zero-order valence-electron chi connectivity index (χ0n) is 31.9. The highest BCUT2D eigenvalue weighted by Gasteiger charge is 2.37. The van der Waals surface area contributed by atoms with E-state index >= 15 is 0 Å². The normalized spacial score (nSPS) is 12.9. The molecule has 9 aromatic carbocycles. The van der Waals surface area contributed by atoms with Crippen LogP contribution in [-0.4, -0.2) is 0 Å². The monoisotopic (exact) mass is 745 g/mol. The van der Waals surface area contributed by atoms with Crippen LogP contribution in [-0.2, 0) is 5.41 Å². The maximum absolute atomic E-state index is 2.53. The highest BCUT2D eigenvalue weighted by molar-refractivity contribution is 7.25. The van der Waals surface area contributed by atoms with E-state index in [0.29, 0.717) is 0 Å². The molecule has 0 atom stereocenters. The largest absolute Gasteiger partial charge is 0.309 e. The van der Waals surface area contributed by atoms with Gasteiger partial charge in [-0.2, -0.15) is 0 Å². The topological polar surface area (TPSA) is 3.24 Å². The number of fused-ring (bicyclic) bond motifs is 7. The van der Waals surface area contributed by atoms with Crippen LogP contribution in [0.1, 0.15) is 25.0 Å². The first kappa shape index (κ1) is 33.6. The first-order valence-corrected chi connectivity index (χ1v) is 20.6. The first-order valence-electron chi connectivity index (χ1n) is 19.8. The first-order chi connectivity index (χ1) is 28.1. The van der Waals surface area contributed by atoms with Crippen LogP contribution in [0.25, 0.3) is 75.5 Å². The second-order valence-electron chi connectivity index (χ2n) is 15.6. The van der Waals surface area contributed by atoms with Gasteiger partial charge in [0.2, 0.25) is 0 Å². The number of nitrogens with zero attached hydrogens (tertiary/aromatic N) is 1. The van der Waals surface area contributed by atoms with E-state index in [1.54, 1.807) is 0 Å². The summed E-state index contributed by atoms with van der Waals surface area (Å²) in [6.07, 6.45) is 0. The van der Waals surface area contributed by atoms with E-state index < -0.39 is 0 Å². The summed E-state index contributed by atoms with van der Waals surface area (Å²) < 4.78 is 2.62. The van der Waals surface area contributed by atoms with Crippen molar-refractivity contribution >= 4 is 59.3 Å². The lowest BCUT2D eigenvalue weighted by molar-refractivity contribution is 0.660. The number of hydrogen-bond acceptors (Lipinski definition) is 2. The zero-order chi connectivity index (χ0) is 38.1. The summed E-state index contributed by atoms with van der Waals surface area (Å²) in [5.74, 6) is 0. The fourth-order valence-corrected chi connectivity index (χ4v) is 10.6. The van der Waals surface area contributed by atoms with Gasteiger partial charge in [-0.05, 0) is 80.0 Å². The smallest absolute Gasteiger partial charge is 0.0540 e. The van der Waals surface area contributed by atoms with E-state index in [2.05, 4.69) is 219 Å². The van der Waals surface area contributed by atoms with Gasteiger partial charge in [-0.15, -0.1) is 11.3 Å². The van der Waals surface area contributed by atoms with Crippen molar-refractivity contribution < 1.29 is 0 Å². The molecule has 0 N–H and O–H groups in total. The van der Waals surface area contributed by atoms with Crippen LogP contribution >= 0.6 is 11.3 Å². The van der Waals surface area contributed by atoms with Crippen molar-refractivity contribution in [1.29, 1.82) is 0 Å². The number of rotatable bonds is 6. The highest BCUT2D eigenvalue weighted by Crippen LogP contribution is 2.55. The van der Waals surface area contributed by atoms with Crippen molar-refractivity contribution in [2.75, 3.05) is 4.90 Å². The molecule has 0 saturated heterocycles. The molecule has 0 fully saturated rings. The molecule has 11 rings (SSSR count). The molecular formula is C55H39NS. The molecule has 0 spiro atoms. The molecule has 1 aliphatic carbocycles. The zero-order valence-corrected chi connectivity index (χ0v) is 32.7. The Labute approximate surface area is 337 Å². The summed E-state index contributed by atoms with van der Waals surface area (Å²) in [6, 6.07) is 74.0. The Balaban J connectivity index is 1.20. The molecule has 1 nitrogen and oxygen atoms in total. The molecular weight excluding hydrogens is 707 g/mol. The van der Waals surface area contributed by atoms with Crippen LogP contribution < -0.4 is 4.90 Å². The quantitative estimate of drug-likeness (QED) is 0.164. The number of anilines is 3. The fourth-order valence-electron chi connectivity index (χ4n) is 9.43. The molecule has 1 aromatic heterocycles. The van der Waals surface area contributed by atoms with E-state index in [4.69, 9.17) is 0 Å². The lowest BCUT2D eigenvalue weighted by Gasteiger charge is -2.32. The van der Waals surface area contributed by atoms with Crippen LogP contribution in [0.15, 0.2) is 200 Å². The average molecular weight is 746 g/mol. The molecule has 2 heteroatoms. The second kappa shape index (κ2) is 13.2. The number of benzene rings is 9. The molecule has 0 radical (unpaired) electrons. The molecule has 1 heterocycles. The minimum Gasteiger partial charge on any atom is -0.309 e. The molecule has 0 amide bonds. The summed E-state index contributed by atoms with van der Waals surface area (Å²) in [4.78, 5) is 2.53. The standard InChI is InChI=1S/C55H39NS/c1-55(2)47-27-10-5-24-46(47)54-45(26-16-28-48(54)55)42-22-8-13-31-51(42)56(50-30-12-7-21-41(50)40-25-15-18-36-17-3-4-19-38(36)40)49-29-11-6-20-39(49)37-33-34-44-43-23-9-14-32-52(43)57-53(44)35-37/h3-35H,1-2H3. The van der Waals surface area contributed by atoms with Crippen LogP contribution in [0.5, 0.6) is 0 Å². The third kappa shape index (κ3) is 5.29. The lowest BCUT2D eigenvalue weighted by Crippen LogP contribution is -2.15.